The largest absolute Gasteiger partial charge is 0.341 e. The van der Waals surface area contributed by atoms with Crippen molar-refractivity contribution < 1.29 is 18.0 Å². The van der Waals surface area contributed by atoms with Crippen molar-refractivity contribution in [3.63, 3.8) is 0 Å². The molecule has 0 saturated heterocycles. The normalized spacial score (nSPS) is 21.1. The third-order valence-electron chi connectivity index (χ3n) is 4.10. The van der Waals surface area contributed by atoms with Gasteiger partial charge < -0.3 is 5.32 Å². The molecule has 0 aromatic heterocycles. The minimum Gasteiger partial charge on any atom is -0.341 e. The number of carbonyl (C=O) groups is 2. The molecule has 0 saturated carbocycles. The number of carbonyl (C=O) groups excluding carboxylic acids is 2. The molecule has 1 amide bonds. The molecule has 1 unspecified atom stereocenters. The molecule has 0 bridgehead atoms. The maximum absolute atomic E-state index is 12.8. The van der Waals surface area contributed by atoms with Crippen molar-refractivity contribution >= 4 is 38.9 Å². The van der Waals surface area contributed by atoms with Crippen LogP contribution in [0.25, 0.3) is 0 Å². The molecular weight excluding hydrogens is 344 g/mol. The Kier molecular flexibility index (Phi) is 3.24. The maximum atomic E-state index is 12.8. The molecule has 1 atom stereocenters. The number of benzene rings is 2. The highest BCUT2D eigenvalue weighted by atomic mass is 32.2. The number of anilines is 2. The highest BCUT2D eigenvalue weighted by Crippen LogP contribution is 2.33. The van der Waals surface area contributed by atoms with Crippen LogP contribution < -0.4 is 16.2 Å². The molecule has 4 rings (SSSR count). The van der Waals surface area contributed by atoms with Crippen molar-refractivity contribution in [3.8, 4) is 0 Å². The molecule has 2 aliphatic rings. The first-order valence-corrected chi connectivity index (χ1v) is 8.77. The summed E-state index contributed by atoms with van der Waals surface area (Å²) in [5.41, 5.74) is 0.763. The number of fused-ring (bicyclic) bond motifs is 2. The predicted molar refractivity (Wildman–Crippen MR) is 90.6 cm³/mol. The summed E-state index contributed by atoms with van der Waals surface area (Å²) < 4.78 is 28.4. The number of rotatable bonds is 1. The van der Waals surface area contributed by atoms with Crippen LogP contribution in [0.4, 0.5) is 11.4 Å². The van der Waals surface area contributed by atoms with E-state index in [1.807, 2.05) is 0 Å². The van der Waals surface area contributed by atoms with E-state index in [2.05, 4.69) is 9.71 Å². The molecule has 3 N–H and O–H groups in total. The van der Waals surface area contributed by atoms with E-state index in [9.17, 15) is 18.0 Å². The Balaban J connectivity index is 1.85. The Morgan fingerprint density at radius 3 is 2.52 bits per heavy atom. The lowest BCUT2D eigenvalue weighted by molar-refractivity contribution is -0.119. The number of para-hydroxylation sites is 2. The second-order valence-corrected chi connectivity index (χ2v) is 7.17. The van der Waals surface area contributed by atoms with Crippen molar-refractivity contribution in [3.05, 3.63) is 54.1 Å². The Labute approximate surface area is 143 Å². The van der Waals surface area contributed by atoms with E-state index >= 15 is 0 Å². The molecule has 9 heteroatoms. The number of amides is 1. The van der Waals surface area contributed by atoms with E-state index in [-0.39, 0.29) is 27.7 Å². The SMILES string of the molecule is NN1C(=O)C(C2=NS(=O)(=O)c3ccccc3N2)C(=O)c2ccccc21. The van der Waals surface area contributed by atoms with Crippen molar-refractivity contribution in [2.75, 3.05) is 10.3 Å². The third kappa shape index (κ3) is 2.24. The molecule has 0 radical (unpaired) electrons. The zero-order valence-electron chi connectivity index (χ0n) is 12.7. The van der Waals surface area contributed by atoms with Crippen molar-refractivity contribution in [2.24, 2.45) is 16.2 Å². The summed E-state index contributed by atoms with van der Waals surface area (Å²) in [4.78, 5) is 25.3. The van der Waals surface area contributed by atoms with Gasteiger partial charge in [-0.3, -0.25) is 9.59 Å². The summed E-state index contributed by atoms with van der Waals surface area (Å²) in [6, 6.07) is 12.5. The van der Waals surface area contributed by atoms with Crippen LogP contribution in [0.5, 0.6) is 0 Å². The summed E-state index contributed by atoms with van der Waals surface area (Å²) >= 11 is 0. The Hall–Kier alpha value is -3.04. The van der Waals surface area contributed by atoms with Gasteiger partial charge in [0.05, 0.1) is 11.4 Å². The van der Waals surface area contributed by atoms with Crippen LogP contribution in [-0.4, -0.2) is 25.9 Å². The topological polar surface area (TPSA) is 122 Å². The Morgan fingerprint density at radius 2 is 1.72 bits per heavy atom. The number of nitrogens with zero attached hydrogens (tertiary/aromatic N) is 2. The maximum Gasteiger partial charge on any atom is 0.286 e. The van der Waals surface area contributed by atoms with Crippen LogP contribution in [0.2, 0.25) is 0 Å². The van der Waals surface area contributed by atoms with Crippen LogP contribution in [0.15, 0.2) is 57.8 Å². The highest BCUT2D eigenvalue weighted by molar-refractivity contribution is 7.90. The van der Waals surface area contributed by atoms with Gasteiger partial charge in [-0.15, -0.1) is 4.40 Å². The molecule has 2 heterocycles. The zero-order valence-corrected chi connectivity index (χ0v) is 13.5. The van der Waals surface area contributed by atoms with Gasteiger partial charge in [0, 0.05) is 5.56 Å². The van der Waals surface area contributed by atoms with E-state index < -0.39 is 27.6 Å². The zero-order chi connectivity index (χ0) is 17.8. The Morgan fingerprint density at radius 1 is 1.04 bits per heavy atom. The second-order valence-electron chi connectivity index (χ2n) is 5.60. The number of nitrogens with one attached hydrogen (secondary N) is 1. The molecule has 126 valence electrons. The molecule has 0 fully saturated rings. The van der Waals surface area contributed by atoms with Gasteiger partial charge >= 0.3 is 0 Å². The number of ketones is 1. The molecule has 0 aliphatic carbocycles. The van der Waals surface area contributed by atoms with Gasteiger partial charge in [0.25, 0.3) is 15.9 Å². The van der Waals surface area contributed by atoms with Crippen LogP contribution in [0, 0.1) is 5.92 Å². The number of Topliss-reactive ketones (excluding diaryl/α,β-unsaturated/α-hetero) is 1. The monoisotopic (exact) mass is 356 g/mol. The lowest BCUT2D eigenvalue weighted by Crippen LogP contribution is -2.53. The summed E-state index contributed by atoms with van der Waals surface area (Å²) in [6.45, 7) is 0. The fourth-order valence-electron chi connectivity index (χ4n) is 2.92. The first-order valence-electron chi connectivity index (χ1n) is 7.33. The number of nitrogens with two attached hydrogens (primary N) is 1. The van der Waals surface area contributed by atoms with Crippen LogP contribution in [0.3, 0.4) is 0 Å². The number of hydrogen-bond acceptors (Lipinski definition) is 6. The van der Waals surface area contributed by atoms with E-state index in [0.29, 0.717) is 0 Å². The highest BCUT2D eigenvalue weighted by Gasteiger charge is 2.44. The molecule has 2 aliphatic heterocycles. The van der Waals surface area contributed by atoms with Crippen molar-refractivity contribution in [2.45, 2.75) is 4.90 Å². The number of hydrogen-bond donors (Lipinski definition) is 2. The van der Waals surface area contributed by atoms with Crippen LogP contribution >= 0.6 is 0 Å². The summed E-state index contributed by atoms with van der Waals surface area (Å²) in [5, 5.41) is 3.63. The predicted octanol–water partition coefficient (Wildman–Crippen LogP) is 0.919. The number of hydrazine groups is 1. The van der Waals surface area contributed by atoms with Gasteiger partial charge in [0.15, 0.2) is 11.7 Å². The Bertz CT molecular complexity index is 1060. The second kappa shape index (κ2) is 5.23. The number of amidine groups is 1. The fraction of sp³-hybridized carbons (Fsp3) is 0.0625. The van der Waals surface area contributed by atoms with E-state index in [1.165, 1.54) is 18.2 Å². The van der Waals surface area contributed by atoms with Gasteiger partial charge in [-0.1, -0.05) is 24.3 Å². The lowest BCUT2D eigenvalue weighted by Gasteiger charge is -2.31. The van der Waals surface area contributed by atoms with Gasteiger partial charge in [-0.05, 0) is 24.3 Å². The van der Waals surface area contributed by atoms with Crippen molar-refractivity contribution in [1.82, 2.24) is 0 Å². The minimum absolute atomic E-state index is 0.0144. The molecule has 2 aromatic rings. The average molecular weight is 356 g/mol. The summed E-state index contributed by atoms with van der Waals surface area (Å²) in [6.07, 6.45) is 0. The van der Waals surface area contributed by atoms with Gasteiger partial charge in [0.2, 0.25) is 0 Å². The molecule has 0 spiro atoms. The minimum atomic E-state index is -4.02. The van der Waals surface area contributed by atoms with Gasteiger partial charge in [-0.2, -0.15) is 8.42 Å². The first kappa shape index (κ1) is 15.5. The molecule has 8 nitrogen and oxygen atoms in total. The smallest absolute Gasteiger partial charge is 0.286 e. The molecule has 25 heavy (non-hydrogen) atoms. The molecule has 2 aromatic carbocycles. The standard InChI is InChI=1S/C16H12N4O4S/c17-20-11-7-3-1-5-9(11)14(21)13(16(20)22)15-18-10-6-2-4-8-12(10)25(23,24)19-15/h1-8,13H,17H2,(H,18,19). The summed E-state index contributed by atoms with van der Waals surface area (Å²) in [5.74, 6) is 2.82. The average Bonchev–Trinajstić information content (AvgIpc) is 2.59. The van der Waals surface area contributed by atoms with Crippen LogP contribution in [-0.2, 0) is 14.8 Å². The van der Waals surface area contributed by atoms with Crippen LogP contribution in [0.1, 0.15) is 10.4 Å². The third-order valence-corrected chi connectivity index (χ3v) is 5.44. The van der Waals surface area contributed by atoms with E-state index in [1.54, 1.807) is 30.3 Å². The number of sulfonamides is 1. The molecular formula is C16H12N4O4S. The quantitative estimate of drug-likeness (QED) is 0.445. The van der Waals surface area contributed by atoms with Gasteiger partial charge in [0.1, 0.15) is 10.7 Å². The first-order chi connectivity index (χ1) is 11.9. The van der Waals surface area contributed by atoms with Gasteiger partial charge in [-0.25, -0.2) is 10.9 Å². The summed E-state index contributed by atoms with van der Waals surface area (Å²) in [7, 11) is -4.02. The lowest BCUT2D eigenvalue weighted by atomic mass is 9.90. The fourth-order valence-corrected chi connectivity index (χ4v) is 4.07. The van der Waals surface area contributed by atoms with E-state index in [4.69, 9.17) is 5.84 Å². The van der Waals surface area contributed by atoms with E-state index in [0.717, 1.165) is 5.01 Å². The van der Waals surface area contributed by atoms with Crippen molar-refractivity contribution in [1.29, 1.82) is 0 Å².